The SMILES string of the molecule is CC(C)c1nnc(C2CN(S(=O)(=O)c3ccc(F)c(C#N)c3)CCO2)o1. The van der Waals surface area contributed by atoms with Crippen LogP contribution in [-0.4, -0.2) is 42.6 Å². The first-order chi connectivity index (χ1) is 12.3. The molecule has 0 aliphatic carbocycles. The monoisotopic (exact) mass is 380 g/mol. The van der Waals surface area contributed by atoms with E-state index in [1.165, 1.54) is 4.31 Å². The number of sulfonamides is 1. The zero-order valence-electron chi connectivity index (χ0n) is 14.2. The number of halogens is 1. The Kier molecular flexibility index (Phi) is 5.04. The largest absolute Gasteiger partial charge is 0.422 e. The van der Waals surface area contributed by atoms with E-state index in [1.807, 2.05) is 13.8 Å². The van der Waals surface area contributed by atoms with Crippen LogP contribution in [0.15, 0.2) is 27.5 Å². The highest BCUT2D eigenvalue weighted by molar-refractivity contribution is 7.89. The predicted octanol–water partition coefficient (Wildman–Crippen LogP) is 1.97. The van der Waals surface area contributed by atoms with E-state index in [0.717, 1.165) is 18.2 Å². The van der Waals surface area contributed by atoms with E-state index in [4.69, 9.17) is 14.4 Å². The molecule has 1 fully saturated rings. The Balaban J connectivity index is 1.85. The average Bonchev–Trinajstić information content (AvgIpc) is 3.12. The zero-order chi connectivity index (χ0) is 18.9. The molecule has 1 aromatic heterocycles. The highest BCUT2D eigenvalue weighted by atomic mass is 32.2. The van der Waals surface area contributed by atoms with Crippen LogP contribution in [0.2, 0.25) is 0 Å². The van der Waals surface area contributed by atoms with Crippen molar-refractivity contribution in [2.24, 2.45) is 0 Å². The van der Waals surface area contributed by atoms with Crippen molar-refractivity contribution in [2.75, 3.05) is 19.7 Å². The Morgan fingerprint density at radius 1 is 1.38 bits per heavy atom. The van der Waals surface area contributed by atoms with Gasteiger partial charge in [0.25, 0.3) is 0 Å². The molecule has 0 bridgehead atoms. The fourth-order valence-electron chi connectivity index (χ4n) is 2.50. The molecule has 26 heavy (non-hydrogen) atoms. The molecule has 2 heterocycles. The van der Waals surface area contributed by atoms with Gasteiger partial charge in [-0.1, -0.05) is 13.8 Å². The van der Waals surface area contributed by atoms with Crippen LogP contribution in [0.4, 0.5) is 4.39 Å². The number of ether oxygens (including phenoxy) is 1. The molecular formula is C16H17FN4O4S. The Labute approximate surface area is 150 Å². The summed E-state index contributed by atoms with van der Waals surface area (Å²) in [5, 5.41) is 16.8. The van der Waals surface area contributed by atoms with Crippen molar-refractivity contribution in [1.29, 1.82) is 5.26 Å². The highest BCUT2D eigenvalue weighted by Gasteiger charge is 2.34. The number of hydrogen-bond donors (Lipinski definition) is 0. The van der Waals surface area contributed by atoms with Crippen LogP contribution in [0.5, 0.6) is 0 Å². The van der Waals surface area contributed by atoms with Gasteiger partial charge in [0.15, 0.2) is 0 Å². The summed E-state index contributed by atoms with van der Waals surface area (Å²) in [6.07, 6.45) is -0.686. The number of aromatic nitrogens is 2. The number of benzene rings is 1. The lowest BCUT2D eigenvalue weighted by molar-refractivity contribution is -0.0179. The second-order valence-electron chi connectivity index (χ2n) is 6.11. The lowest BCUT2D eigenvalue weighted by atomic mass is 10.2. The van der Waals surface area contributed by atoms with Gasteiger partial charge in [0.1, 0.15) is 18.0 Å². The molecule has 0 saturated carbocycles. The Bertz CT molecular complexity index is 951. The number of nitrogens with zero attached hydrogens (tertiary/aromatic N) is 4. The average molecular weight is 380 g/mol. The first-order valence-corrected chi connectivity index (χ1v) is 9.41. The van der Waals surface area contributed by atoms with Crippen molar-refractivity contribution in [3.05, 3.63) is 41.4 Å². The van der Waals surface area contributed by atoms with Crippen molar-refractivity contribution in [3.8, 4) is 6.07 Å². The van der Waals surface area contributed by atoms with E-state index in [1.54, 1.807) is 6.07 Å². The standard InChI is InChI=1S/C16H17FN4O4S/c1-10(2)15-19-20-16(25-15)14-9-21(5-6-24-14)26(22,23)12-3-4-13(17)11(7-12)8-18/h3-4,7,10,14H,5-6,9H2,1-2H3. The minimum absolute atomic E-state index is 0.0126. The van der Waals surface area contributed by atoms with Crippen LogP contribution in [0.1, 0.15) is 43.2 Å². The van der Waals surface area contributed by atoms with Gasteiger partial charge in [0.05, 0.1) is 17.1 Å². The molecular weight excluding hydrogens is 363 g/mol. The van der Waals surface area contributed by atoms with Gasteiger partial charge >= 0.3 is 0 Å². The second-order valence-corrected chi connectivity index (χ2v) is 8.05. The topological polar surface area (TPSA) is 109 Å². The lowest BCUT2D eigenvalue weighted by Gasteiger charge is -2.30. The molecule has 1 aliphatic rings. The van der Waals surface area contributed by atoms with Gasteiger partial charge in [-0.05, 0) is 18.2 Å². The summed E-state index contributed by atoms with van der Waals surface area (Å²) in [6.45, 7) is 4.06. The summed E-state index contributed by atoms with van der Waals surface area (Å²) in [6, 6.07) is 4.78. The lowest BCUT2D eigenvalue weighted by Crippen LogP contribution is -2.42. The third-order valence-corrected chi connectivity index (χ3v) is 5.81. The number of rotatable bonds is 4. The fraction of sp³-hybridized carbons (Fsp3) is 0.438. The molecule has 0 radical (unpaired) electrons. The molecule has 1 unspecified atom stereocenters. The van der Waals surface area contributed by atoms with E-state index in [2.05, 4.69) is 10.2 Å². The van der Waals surface area contributed by atoms with E-state index in [-0.39, 0.29) is 42.0 Å². The first-order valence-electron chi connectivity index (χ1n) is 7.97. The molecule has 0 spiro atoms. The molecule has 0 N–H and O–H groups in total. The van der Waals surface area contributed by atoms with Gasteiger partial charge in [-0.3, -0.25) is 0 Å². The summed E-state index contributed by atoms with van der Waals surface area (Å²) in [4.78, 5) is -0.149. The van der Waals surface area contributed by atoms with Crippen LogP contribution >= 0.6 is 0 Å². The predicted molar refractivity (Wildman–Crippen MR) is 87.0 cm³/mol. The molecule has 138 valence electrons. The molecule has 1 aliphatic heterocycles. The number of nitriles is 1. The fourth-order valence-corrected chi connectivity index (χ4v) is 3.95. The van der Waals surface area contributed by atoms with E-state index >= 15 is 0 Å². The molecule has 1 saturated heterocycles. The summed E-state index contributed by atoms with van der Waals surface area (Å²) in [5.74, 6) is -0.0622. The van der Waals surface area contributed by atoms with Crippen molar-refractivity contribution in [2.45, 2.75) is 30.8 Å². The maximum Gasteiger partial charge on any atom is 0.246 e. The minimum Gasteiger partial charge on any atom is -0.422 e. The van der Waals surface area contributed by atoms with Gasteiger partial charge in [0.2, 0.25) is 21.8 Å². The summed E-state index contributed by atoms with van der Waals surface area (Å²) < 4.78 is 51.4. The summed E-state index contributed by atoms with van der Waals surface area (Å²) >= 11 is 0. The van der Waals surface area contributed by atoms with Gasteiger partial charge in [-0.2, -0.15) is 9.57 Å². The quantitative estimate of drug-likeness (QED) is 0.797. The van der Waals surface area contributed by atoms with Crippen molar-refractivity contribution in [1.82, 2.24) is 14.5 Å². The zero-order valence-corrected chi connectivity index (χ0v) is 15.0. The molecule has 1 aromatic carbocycles. The van der Waals surface area contributed by atoms with Crippen LogP contribution in [0.25, 0.3) is 0 Å². The number of morpholine rings is 1. The molecule has 10 heteroatoms. The van der Waals surface area contributed by atoms with Crippen molar-refractivity contribution >= 4 is 10.0 Å². The normalized spacial score (nSPS) is 18.8. The smallest absolute Gasteiger partial charge is 0.246 e. The van der Waals surface area contributed by atoms with Crippen LogP contribution < -0.4 is 0 Å². The minimum atomic E-state index is -3.92. The Hall–Kier alpha value is -2.35. The molecule has 1 atom stereocenters. The maximum atomic E-state index is 13.5. The molecule has 2 aromatic rings. The Morgan fingerprint density at radius 3 is 2.81 bits per heavy atom. The van der Waals surface area contributed by atoms with E-state index in [9.17, 15) is 12.8 Å². The van der Waals surface area contributed by atoms with Gasteiger partial charge < -0.3 is 9.15 Å². The maximum absolute atomic E-state index is 13.5. The van der Waals surface area contributed by atoms with Crippen molar-refractivity contribution < 1.29 is 22.0 Å². The molecule has 8 nitrogen and oxygen atoms in total. The van der Waals surface area contributed by atoms with Gasteiger partial charge in [-0.25, -0.2) is 12.8 Å². The van der Waals surface area contributed by atoms with Gasteiger partial charge in [0, 0.05) is 19.0 Å². The second kappa shape index (κ2) is 7.11. The number of hydrogen-bond acceptors (Lipinski definition) is 7. The van der Waals surface area contributed by atoms with E-state index < -0.39 is 21.9 Å². The summed E-state index contributed by atoms with van der Waals surface area (Å²) in [5.41, 5.74) is -0.325. The van der Waals surface area contributed by atoms with Crippen LogP contribution in [0.3, 0.4) is 0 Å². The molecule has 3 rings (SSSR count). The summed E-state index contributed by atoms with van der Waals surface area (Å²) in [7, 11) is -3.92. The van der Waals surface area contributed by atoms with Crippen LogP contribution in [-0.2, 0) is 14.8 Å². The van der Waals surface area contributed by atoms with Crippen molar-refractivity contribution in [3.63, 3.8) is 0 Å². The molecule has 0 amide bonds. The third kappa shape index (κ3) is 3.46. The van der Waals surface area contributed by atoms with Gasteiger partial charge in [-0.15, -0.1) is 10.2 Å². The Morgan fingerprint density at radius 2 is 2.15 bits per heavy atom. The van der Waals surface area contributed by atoms with E-state index in [0.29, 0.717) is 5.89 Å². The first kappa shape index (κ1) is 18.4. The highest BCUT2D eigenvalue weighted by Crippen LogP contribution is 2.27. The van der Waals surface area contributed by atoms with Crippen LogP contribution in [0, 0.1) is 17.1 Å². The third-order valence-electron chi connectivity index (χ3n) is 3.95.